The van der Waals surface area contributed by atoms with E-state index in [2.05, 4.69) is 0 Å². The number of hydrogen-bond donors (Lipinski definition) is 2. The molecule has 2 fully saturated rings. The molecule has 1 spiro atoms. The molecule has 4 N–H and O–H groups in total. The van der Waals surface area contributed by atoms with Crippen LogP contribution in [0.25, 0.3) is 0 Å². The summed E-state index contributed by atoms with van der Waals surface area (Å²) in [5, 5.41) is 0. The van der Waals surface area contributed by atoms with Crippen molar-refractivity contribution in [2.75, 3.05) is 6.61 Å². The fraction of sp³-hybridized carbons (Fsp3) is 0.900. The first-order chi connectivity index (χ1) is 6.56. The maximum atomic E-state index is 11.3. The maximum Gasteiger partial charge on any atom is 0.237 e. The van der Waals surface area contributed by atoms with E-state index in [0.29, 0.717) is 19.4 Å². The number of hydrogen-bond acceptors (Lipinski definition) is 3. The zero-order valence-electron chi connectivity index (χ0n) is 8.42. The predicted octanol–water partition coefficient (Wildman–Crippen LogP) is 0.292. The van der Waals surface area contributed by atoms with Gasteiger partial charge in [0.05, 0.1) is 5.60 Å². The number of nitrogens with two attached hydrogens (primary N) is 2. The van der Waals surface area contributed by atoms with Crippen molar-refractivity contribution < 1.29 is 9.53 Å². The molecule has 0 bridgehead atoms. The molecule has 4 nitrogen and oxygen atoms in total. The maximum absolute atomic E-state index is 11.3. The zero-order chi connectivity index (χ0) is 10.2. The van der Waals surface area contributed by atoms with Crippen LogP contribution in [-0.4, -0.2) is 23.7 Å². The van der Waals surface area contributed by atoms with E-state index in [1.165, 1.54) is 12.8 Å². The molecule has 80 valence electrons. The molecule has 14 heavy (non-hydrogen) atoms. The van der Waals surface area contributed by atoms with Gasteiger partial charge in [0.25, 0.3) is 0 Å². The van der Waals surface area contributed by atoms with Gasteiger partial charge in [-0.15, -0.1) is 0 Å². The van der Waals surface area contributed by atoms with Gasteiger partial charge in [0.1, 0.15) is 5.54 Å². The van der Waals surface area contributed by atoms with Crippen LogP contribution in [0.1, 0.15) is 38.5 Å². The fourth-order valence-electron chi connectivity index (χ4n) is 2.71. The normalized spacial score (nSPS) is 36.1. The Balaban J connectivity index is 2.14. The molecule has 2 aliphatic rings. The summed E-state index contributed by atoms with van der Waals surface area (Å²) in [6, 6.07) is 0. The van der Waals surface area contributed by atoms with Crippen LogP contribution in [0.5, 0.6) is 0 Å². The Morgan fingerprint density at radius 1 is 1.21 bits per heavy atom. The molecule has 1 amide bonds. The van der Waals surface area contributed by atoms with Gasteiger partial charge in [0.15, 0.2) is 0 Å². The van der Waals surface area contributed by atoms with E-state index in [1.54, 1.807) is 0 Å². The van der Waals surface area contributed by atoms with Gasteiger partial charge in [-0.3, -0.25) is 4.79 Å². The monoisotopic (exact) mass is 198 g/mol. The first kappa shape index (κ1) is 9.93. The minimum absolute atomic E-state index is 0.137. The largest absolute Gasteiger partial charge is 0.375 e. The quantitative estimate of drug-likeness (QED) is 0.635. The zero-order valence-corrected chi connectivity index (χ0v) is 8.42. The molecular formula is C10H18N2O2. The van der Waals surface area contributed by atoms with E-state index in [0.717, 1.165) is 12.8 Å². The molecule has 1 saturated heterocycles. The van der Waals surface area contributed by atoms with Crippen LogP contribution in [-0.2, 0) is 9.53 Å². The summed E-state index contributed by atoms with van der Waals surface area (Å²) in [5.41, 5.74) is 10.4. The van der Waals surface area contributed by atoms with Crippen LogP contribution in [0.4, 0.5) is 0 Å². The van der Waals surface area contributed by atoms with E-state index in [9.17, 15) is 4.79 Å². The van der Waals surface area contributed by atoms with Gasteiger partial charge >= 0.3 is 0 Å². The molecule has 1 atom stereocenters. The minimum atomic E-state index is -0.831. The molecule has 1 aliphatic heterocycles. The lowest BCUT2D eigenvalue weighted by Crippen LogP contribution is -2.60. The highest BCUT2D eigenvalue weighted by Gasteiger charge is 2.48. The second-order valence-electron chi connectivity index (χ2n) is 4.69. The molecule has 2 rings (SSSR count). The number of carbonyl (C=O) groups is 1. The van der Waals surface area contributed by atoms with Crippen LogP contribution >= 0.6 is 0 Å². The molecule has 0 aromatic heterocycles. The van der Waals surface area contributed by atoms with Gasteiger partial charge in [0, 0.05) is 13.0 Å². The van der Waals surface area contributed by atoms with E-state index >= 15 is 0 Å². The highest BCUT2D eigenvalue weighted by molar-refractivity contribution is 5.84. The summed E-state index contributed by atoms with van der Waals surface area (Å²) < 4.78 is 5.78. The van der Waals surface area contributed by atoms with Crippen molar-refractivity contribution in [1.29, 1.82) is 0 Å². The Labute approximate surface area is 84.0 Å². The molecule has 1 unspecified atom stereocenters. The van der Waals surface area contributed by atoms with Crippen LogP contribution in [0.2, 0.25) is 0 Å². The van der Waals surface area contributed by atoms with Crippen LogP contribution in [0.3, 0.4) is 0 Å². The van der Waals surface area contributed by atoms with Crippen LogP contribution in [0.15, 0.2) is 0 Å². The molecule has 1 aliphatic carbocycles. The molecular weight excluding hydrogens is 180 g/mol. The van der Waals surface area contributed by atoms with E-state index in [1.807, 2.05) is 0 Å². The van der Waals surface area contributed by atoms with Gasteiger partial charge in [-0.05, 0) is 19.3 Å². The average Bonchev–Trinajstić information content (AvgIpc) is 2.53. The van der Waals surface area contributed by atoms with Crippen molar-refractivity contribution in [1.82, 2.24) is 0 Å². The molecule has 0 aromatic rings. The molecule has 1 saturated carbocycles. The highest BCUT2D eigenvalue weighted by atomic mass is 16.5. The predicted molar refractivity (Wildman–Crippen MR) is 52.5 cm³/mol. The summed E-state index contributed by atoms with van der Waals surface area (Å²) in [4.78, 5) is 11.3. The smallest absolute Gasteiger partial charge is 0.237 e. The topological polar surface area (TPSA) is 78.3 Å². The standard InChI is InChI=1S/C10H18N2O2/c11-8(13)10(12)5-6-14-9(7-10)3-1-2-4-9/h1-7,12H2,(H2,11,13). The van der Waals surface area contributed by atoms with E-state index in [4.69, 9.17) is 16.2 Å². The Bertz CT molecular complexity index is 249. The minimum Gasteiger partial charge on any atom is -0.375 e. The van der Waals surface area contributed by atoms with Gasteiger partial charge in [0.2, 0.25) is 5.91 Å². The summed E-state index contributed by atoms with van der Waals surface area (Å²) in [6.45, 7) is 0.569. The number of primary amides is 1. The van der Waals surface area contributed by atoms with Crippen molar-refractivity contribution in [3.63, 3.8) is 0 Å². The third-order valence-electron chi connectivity index (χ3n) is 3.60. The lowest BCUT2D eigenvalue weighted by atomic mass is 9.79. The van der Waals surface area contributed by atoms with Gasteiger partial charge in [-0.1, -0.05) is 12.8 Å². The summed E-state index contributed by atoms with van der Waals surface area (Å²) in [7, 11) is 0. The Morgan fingerprint density at radius 2 is 1.86 bits per heavy atom. The highest BCUT2D eigenvalue weighted by Crippen LogP contribution is 2.42. The average molecular weight is 198 g/mol. The molecule has 1 heterocycles. The molecule has 4 heteroatoms. The molecule has 0 radical (unpaired) electrons. The lowest BCUT2D eigenvalue weighted by molar-refractivity contribution is -0.139. The number of ether oxygens (including phenoxy) is 1. The van der Waals surface area contributed by atoms with E-state index in [-0.39, 0.29) is 11.5 Å². The summed E-state index contributed by atoms with van der Waals surface area (Å²) in [6.07, 6.45) is 5.57. The van der Waals surface area contributed by atoms with Crippen LogP contribution in [0, 0.1) is 0 Å². The van der Waals surface area contributed by atoms with Gasteiger partial charge in [-0.2, -0.15) is 0 Å². The first-order valence-corrected chi connectivity index (χ1v) is 5.29. The lowest BCUT2D eigenvalue weighted by Gasteiger charge is -2.42. The Morgan fingerprint density at radius 3 is 2.43 bits per heavy atom. The van der Waals surface area contributed by atoms with E-state index < -0.39 is 5.54 Å². The summed E-state index contributed by atoms with van der Waals surface area (Å²) >= 11 is 0. The third-order valence-corrected chi connectivity index (χ3v) is 3.60. The number of carbonyl (C=O) groups excluding carboxylic acids is 1. The fourth-order valence-corrected chi connectivity index (χ4v) is 2.71. The van der Waals surface area contributed by atoms with Gasteiger partial charge < -0.3 is 16.2 Å². The van der Waals surface area contributed by atoms with Gasteiger partial charge in [-0.25, -0.2) is 0 Å². The van der Waals surface area contributed by atoms with Crippen LogP contribution < -0.4 is 11.5 Å². The second kappa shape index (κ2) is 3.21. The Kier molecular flexibility index (Phi) is 2.27. The third kappa shape index (κ3) is 1.53. The summed E-state index contributed by atoms with van der Waals surface area (Å²) in [5.74, 6) is -0.382. The van der Waals surface area contributed by atoms with Crippen molar-refractivity contribution in [3.8, 4) is 0 Å². The molecule has 0 aromatic carbocycles. The SMILES string of the molecule is NC(=O)C1(N)CCOC2(CCCC2)C1. The number of rotatable bonds is 1. The van der Waals surface area contributed by atoms with Crippen molar-refractivity contribution in [3.05, 3.63) is 0 Å². The second-order valence-corrected chi connectivity index (χ2v) is 4.69. The van der Waals surface area contributed by atoms with Crippen molar-refractivity contribution in [2.24, 2.45) is 11.5 Å². The number of amides is 1. The van der Waals surface area contributed by atoms with Crippen molar-refractivity contribution >= 4 is 5.91 Å². The van der Waals surface area contributed by atoms with Crippen molar-refractivity contribution in [2.45, 2.75) is 49.7 Å². The Hall–Kier alpha value is -0.610. The first-order valence-electron chi connectivity index (χ1n) is 5.29.